The summed E-state index contributed by atoms with van der Waals surface area (Å²) in [5.41, 5.74) is 0.249. The molecule has 0 bridgehead atoms. The molecule has 0 spiro atoms. The molecule has 1 atom stereocenters. The Morgan fingerprint density at radius 3 is 2.48 bits per heavy atom. The van der Waals surface area contributed by atoms with Crippen LogP contribution in [0.4, 0.5) is 5.69 Å². The number of hydrogen-bond donors (Lipinski definition) is 3. The number of carboxylic acids is 1. The number of amides is 1. The van der Waals surface area contributed by atoms with Crippen LogP contribution < -0.4 is 10.6 Å². The molecule has 3 N–H and O–H groups in total. The molecular weight excluding hydrogens is 370 g/mol. The van der Waals surface area contributed by atoms with Crippen molar-refractivity contribution in [3.05, 3.63) is 23.2 Å². The average molecular weight is 392 g/mol. The third-order valence-electron chi connectivity index (χ3n) is 3.36. The Morgan fingerprint density at radius 2 is 1.96 bits per heavy atom. The lowest BCUT2D eigenvalue weighted by atomic mass is 10.2. The van der Waals surface area contributed by atoms with Crippen LogP contribution in [0.2, 0.25) is 5.02 Å². The predicted molar refractivity (Wildman–Crippen MR) is 95.3 cm³/mol. The molecule has 10 heteroatoms. The van der Waals surface area contributed by atoms with Crippen LogP contribution in [0.3, 0.4) is 0 Å². The SMILES string of the molecule is CCCC(NCC(=O)Nc1ccc(Cl)c(S(=O)(=O)N(C)C)c1)C(=O)O. The minimum absolute atomic E-state index is 0.0405. The van der Waals surface area contributed by atoms with Gasteiger partial charge in [-0.2, -0.15) is 0 Å². The summed E-state index contributed by atoms with van der Waals surface area (Å²) in [6, 6.07) is 3.29. The van der Waals surface area contributed by atoms with Crippen molar-refractivity contribution in [2.45, 2.75) is 30.7 Å². The van der Waals surface area contributed by atoms with Gasteiger partial charge in [0.1, 0.15) is 10.9 Å². The van der Waals surface area contributed by atoms with Gasteiger partial charge in [-0.15, -0.1) is 0 Å². The first-order chi connectivity index (χ1) is 11.6. The number of hydrogen-bond acceptors (Lipinski definition) is 5. The number of carbonyl (C=O) groups is 2. The highest BCUT2D eigenvalue weighted by Gasteiger charge is 2.22. The van der Waals surface area contributed by atoms with Crippen molar-refractivity contribution >= 4 is 39.2 Å². The third kappa shape index (κ3) is 5.96. The first kappa shape index (κ1) is 21.4. The van der Waals surface area contributed by atoms with Crippen molar-refractivity contribution in [3.63, 3.8) is 0 Å². The van der Waals surface area contributed by atoms with Gasteiger partial charge in [-0.25, -0.2) is 12.7 Å². The summed E-state index contributed by atoms with van der Waals surface area (Å²) in [6.45, 7) is 1.63. The maximum atomic E-state index is 12.2. The molecule has 1 aromatic carbocycles. The second-order valence-corrected chi connectivity index (χ2v) is 8.07. The van der Waals surface area contributed by atoms with E-state index in [0.29, 0.717) is 12.8 Å². The Balaban J connectivity index is 2.84. The van der Waals surface area contributed by atoms with Crippen LogP contribution in [0.1, 0.15) is 19.8 Å². The number of carbonyl (C=O) groups excluding carboxylic acids is 1. The first-order valence-corrected chi connectivity index (χ1v) is 9.39. The molecule has 0 saturated carbocycles. The van der Waals surface area contributed by atoms with E-state index in [4.69, 9.17) is 16.7 Å². The summed E-state index contributed by atoms with van der Waals surface area (Å²) in [4.78, 5) is 22.9. The highest BCUT2D eigenvalue weighted by Crippen LogP contribution is 2.26. The lowest BCUT2D eigenvalue weighted by Crippen LogP contribution is -2.41. The van der Waals surface area contributed by atoms with Gasteiger partial charge in [-0.3, -0.25) is 14.9 Å². The summed E-state index contributed by atoms with van der Waals surface area (Å²) in [7, 11) is -1.00. The molecule has 0 aliphatic heterocycles. The van der Waals surface area contributed by atoms with Crippen molar-refractivity contribution in [2.75, 3.05) is 26.0 Å². The standard InChI is InChI=1S/C15H22ClN3O5S/c1-4-5-12(15(21)22)17-9-14(20)18-10-6-7-11(16)13(8-10)25(23,24)19(2)3/h6-8,12,17H,4-5,9H2,1-3H3,(H,18,20)(H,21,22). The minimum atomic E-state index is -3.75. The number of carboxylic acid groups (broad SMARTS) is 1. The summed E-state index contributed by atoms with van der Waals surface area (Å²) < 4.78 is 25.4. The Morgan fingerprint density at radius 1 is 1.32 bits per heavy atom. The van der Waals surface area contributed by atoms with Gasteiger partial charge in [0.25, 0.3) is 0 Å². The van der Waals surface area contributed by atoms with Gasteiger partial charge in [-0.05, 0) is 24.6 Å². The Labute approximate surface area is 152 Å². The zero-order valence-electron chi connectivity index (χ0n) is 14.2. The van der Waals surface area contributed by atoms with Crippen LogP contribution in [-0.2, 0) is 19.6 Å². The fourth-order valence-corrected chi connectivity index (χ4v) is 3.39. The van der Waals surface area contributed by atoms with Crippen LogP contribution in [0.5, 0.6) is 0 Å². The highest BCUT2D eigenvalue weighted by atomic mass is 35.5. The monoisotopic (exact) mass is 391 g/mol. The van der Waals surface area contributed by atoms with Gasteiger partial charge in [0, 0.05) is 19.8 Å². The maximum Gasteiger partial charge on any atom is 0.320 e. The van der Waals surface area contributed by atoms with E-state index in [1.54, 1.807) is 0 Å². The van der Waals surface area contributed by atoms with Crippen LogP contribution in [0.15, 0.2) is 23.1 Å². The molecule has 0 aromatic heterocycles. The third-order valence-corrected chi connectivity index (χ3v) is 5.65. The van der Waals surface area contributed by atoms with Crippen LogP contribution in [0.25, 0.3) is 0 Å². The predicted octanol–water partition coefficient (Wildman–Crippen LogP) is 1.37. The molecule has 1 rings (SSSR count). The molecular formula is C15H22ClN3O5S. The summed E-state index contributed by atoms with van der Waals surface area (Å²) in [5, 5.41) is 14.2. The van der Waals surface area contributed by atoms with E-state index in [-0.39, 0.29) is 22.2 Å². The summed E-state index contributed by atoms with van der Waals surface area (Å²) in [6.07, 6.45) is 1.06. The van der Waals surface area contributed by atoms with Crippen molar-refractivity contribution in [2.24, 2.45) is 0 Å². The van der Waals surface area contributed by atoms with E-state index in [1.807, 2.05) is 6.92 Å². The van der Waals surface area contributed by atoms with E-state index in [0.717, 1.165) is 4.31 Å². The Bertz CT molecular complexity index is 737. The first-order valence-electron chi connectivity index (χ1n) is 7.57. The van der Waals surface area contributed by atoms with E-state index >= 15 is 0 Å². The van der Waals surface area contributed by atoms with Crippen molar-refractivity contribution in [1.29, 1.82) is 0 Å². The smallest absolute Gasteiger partial charge is 0.320 e. The highest BCUT2D eigenvalue weighted by molar-refractivity contribution is 7.89. The van der Waals surface area contributed by atoms with Crippen molar-refractivity contribution < 1.29 is 23.1 Å². The lowest BCUT2D eigenvalue weighted by molar-refractivity contribution is -0.139. The molecule has 0 aliphatic rings. The normalized spacial score (nSPS) is 12.8. The quantitative estimate of drug-likeness (QED) is 0.585. The van der Waals surface area contributed by atoms with Crippen molar-refractivity contribution in [1.82, 2.24) is 9.62 Å². The van der Waals surface area contributed by atoms with Crippen molar-refractivity contribution in [3.8, 4) is 0 Å². The van der Waals surface area contributed by atoms with Gasteiger partial charge >= 0.3 is 5.97 Å². The van der Waals surface area contributed by atoms with Crippen LogP contribution in [0, 0.1) is 0 Å². The second-order valence-electron chi connectivity index (χ2n) is 5.54. The summed E-state index contributed by atoms with van der Waals surface area (Å²) in [5.74, 6) is -1.52. The fraction of sp³-hybridized carbons (Fsp3) is 0.467. The summed E-state index contributed by atoms with van der Waals surface area (Å²) >= 11 is 5.94. The number of aliphatic carboxylic acids is 1. The van der Waals surface area contributed by atoms with Crippen LogP contribution >= 0.6 is 11.6 Å². The van der Waals surface area contributed by atoms with E-state index < -0.39 is 27.9 Å². The molecule has 1 amide bonds. The number of rotatable bonds is 9. The topological polar surface area (TPSA) is 116 Å². The number of benzene rings is 1. The molecule has 140 valence electrons. The zero-order chi connectivity index (χ0) is 19.2. The molecule has 0 fully saturated rings. The van der Waals surface area contributed by atoms with Gasteiger partial charge < -0.3 is 10.4 Å². The molecule has 1 aromatic rings. The van der Waals surface area contributed by atoms with E-state index in [9.17, 15) is 18.0 Å². The van der Waals surface area contributed by atoms with Gasteiger partial charge in [0.2, 0.25) is 15.9 Å². The molecule has 8 nitrogen and oxygen atoms in total. The number of sulfonamides is 1. The van der Waals surface area contributed by atoms with E-state index in [2.05, 4.69) is 10.6 Å². The number of halogens is 1. The molecule has 0 saturated heterocycles. The Hall–Kier alpha value is -1.68. The van der Waals surface area contributed by atoms with E-state index in [1.165, 1.54) is 32.3 Å². The van der Waals surface area contributed by atoms with Crippen LogP contribution in [-0.4, -0.2) is 56.4 Å². The molecule has 1 unspecified atom stereocenters. The largest absolute Gasteiger partial charge is 0.480 e. The molecule has 0 heterocycles. The Kier molecular flexibility index (Phi) is 7.81. The van der Waals surface area contributed by atoms with Gasteiger partial charge in [0.05, 0.1) is 11.6 Å². The van der Waals surface area contributed by atoms with Gasteiger partial charge in [0.15, 0.2) is 0 Å². The molecule has 0 aliphatic carbocycles. The zero-order valence-corrected chi connectivity index (χ0v) is 15.8. The minimum Gasteiger partial charge on any atom is -0.480 e. The lowest BCUT2D eigenvalue weighted by Gasteiger charge is -2.15. The number of nitrogens with zero attached hydrogens (tertiary/aromatic N) is 1. The second kappa shape index (κ2) is 9.14. The average Bonchev–Trinajstić information content (AvgIpc) is 2.52. The molecule has 25 heavy (non-hydrogen) atoms. The fourth-order valence-electron chi connectivity index (χ4n) is 2.00. The maximum absolute atomic E-state index is 12.2. The molecule has 0 radical (unpaired) electrons. The number of nitrogens with one attached hydrogen (secondary N) is 2. The van der Waals surface area contributed by atoms with Gasteiger partial charge in [-0.1, -0.05) is 24.9 Å². The number of anilines is 1.